The fourth-order valence-corrected chi connectivity index (χ4v) is 2.59. The maximum atomic E-state index is 11.9. The van der Waals surface area contributed by atoms with E-state index in [-0.39, 0.29) is 12.4 Å². The fourth-order valence-electron chi connectivity index (χ4n) is 2.33. The van der Waals surface area contributed by atoms with Crippen LogP contribution in [0, 0.1) is 0 Å². The van der Waals surface area contributed by atoms with Gasteiger partial charge in [-0.1, -0.05) is 34.5 Å². The molecule has 0 bridgehead atoms. The molecular weight excluding hydrogens is 324 g/mol. The lowest BCUT2D eigenvalue weighted by Crippen LogP contribution is -2.42. The summed E-state index contributed by atoms with van der Waals surface area (Å²) in [6, 6.07) is 6.83. The van der Waals surface area contributed by atoms with Crippen molar-refractivity contribution in [1.82, 2.24) is 0 Å². The topological polar surface area (TPSA) is 63.6 Å². The summed E-state index contributed by atoms with van der Waals surface area (Å²) in [6.45, 7) is -0.331. The lowest BCUT2D eigenvalue weighted by Gasteiger charge is -2.29. The molecule has 0 aliphatic heterocycles. The summed E-state index contributed by atoms with van der Waals surface area (Å²) in [6.07, 6.45) is 3.47. The van der Waals surface area contributed by atoms with Gasteiger partial charge in [-0.2, -0.15) is 0 Å². The van der Waals surface area contributed by atoms with Gasteiger partial charge in [-0.15, -0.1) is 0 Å². The van der Waals surface area contributed by atoms with Gasteiger partial charge in [0.1, 0.15) is 0 Å². The second kappa shape index (κ2) is 6.50. The molecule has 1 fully saturated rings. The van der Waals surface area contributed by atoms with Gasteiger partial charge in [0.25, 0.3) is 0 Å². The summed E-state index contributed by atoms with van der Waals surface area (Å²) in [7, 11) is 0. The predicted octanol–water partition coefficient (Wildman–Crippen LogP) is 2.87. The zero-order valence-electron chi connectivity index (χ0n) is 11.1. The highest BCUT2D eigenvalue weighted by molar-refractivity contribution is 9.10. The Bertz CT molecular complexity index is 489. The molecule has 1 aromatic rings. The first-order valence-corrected chi connectivity index (χ1v) is 7.49. The van der Waals surface area contributed by atoms with E-state index in [4.69, 9.17) is 4.74 Å². The fraction of sp³-hybridized carbons (Fsp3) is 0.467. The molecule has 5 heteroatoms. The summed E-state index contributed by atoms with van der Waals surface area (Å²) in [5.74, 6) is -0.951. The van der Waals surface area contributed by atoms with Crippen molar-refractivity contribution >= 4 is 27.7 Å². The van der Waals surface area contributed by atoms with Gasteiger partial charge < -0.3 is 9.84 Å². The first kappa shape index (κ1) is 15.2. The Balaban J connectivity index is 1.89. The summed E-state index contributed by atoms with van der Waals surface area (Å²) < 4.78 is 5.86. The number of ketones is 1. The number of rotatable bonds is 4. The Morgan fingerprint density at radius 3 is 2.35 bits per heavy atom. The molecule has 1 N–H and O–H groups in total. The van der Waals surface area contributed by atoms with Gasteiger partial charge in [-0.05, 0) is 37.8 Å². The number of carbonyl (C=O) groups excluding carboxylic acids is 2. The van der Waals surface area contributed by atoms with Crippen molar-refractivity contribution in [3.05, 3.63) is 34.3 Å². The largest absolute Gasteiger partial charge is 0.455 e. The third-order valence-corrected chi connectivity index (χ3v) is 4.09. The van der Waals surface area contributed by atoms with Crippen molar-refractivity contribution in [1.29, 1.82) is 0 Å². The molecule has 0 aromatic heterocycles. The van der Waals surface area contributed by atoms with Crippen LogP contribution in [0.4, 0.5) is 0 Å². The van der Waals surface area contributed by atoms with Crippen LogP contribution in [0.5, 0.6) is 0 Å². The smallest absolute Gasteiger partial charge is 0.338 e. The van der Waals surface area contributed by atoms with E-state index in [2.05, 4.69) is 15.9 Å². The number of halogens is 1. The molecule has 0 atom stereocenters. The van der Waals surface area contributed by atoms with Gasteiger partial charge in [-0.25, -0.2) is 4.79 Å². The van der Waals surface area contributed by atoms with Crippen molar-refractivity contribution in [2.24, 2.45) is 0 Å². The molecule has 1 aliphatic rings. The number of aliphatic hydroxyl groups is 1. The van der Waals surface area contributed by atoms with Crippen LogP contribution in [0.2, 0.25) is 0 Å². The second-order valence-corrected chi connectivity index (χ2v) is 6.01. The number of hydrogen-bond acceptors (Lipinski definition) is 4. The molecule has 2 rings (SSSR count). The van der Waals surface area contributed by atoms with E-state index in [1.165, 1.54) is 0 Å². The van der Waals surface area contributed by atoms with Crippen molar-refractivity contribution in [3.63, 3.8) is 0 Å². The third kappa shape index (κ3) is 3.67. The number of ether oxygens (including phenoxy) is 1. The number of esters is 1. The minimum Gasteiger partial charge on any atom is -0.455 e. The van der Waals surface area contributed by atoms with Crippen LogP contribution in [0.1, 0.15) is 42.5 Å². The van der Waals surface area contributed by atoms with E-state index in [9.17, 15) is 14.7 Å². The van der Waals surface area contributed by atoms with E-state index < -0.39 is 11.6 Å². The maximum absolute atomic E-state index is 11.9. The van der Waals surface area contributed by atoms with Gasteiger partial charge in [0, 0.05) is 10.0 Å². The molecule has 20 heavy (non-hydrogen) atoms. The molecule has 0 unspecified atom stereocenters. The van der Waals surface area contributed by atoms with Crippen molar-refractivity contribution in [3.8, 4) is 0 Å². The number of benzene rings is 1. The quantitative estimate of drug-likeness (QED) is 0.676. The second-order valence-electron chi connectivity index (χ2n) is 5.10. The average molecular weight is 341 g/mol. The molecule has 0 heterocycles. The van der Waals surface area contributed by atoms with Crippen molar-refractivity contribution in [2.75, 3.05) is 6.61 Å². The first-order valence-electron chi connectivity index (χ1n) is 6.70. The molecule has 1 aromatic carbocycles. The lowest BCUT2D eigenvalue weighted by atomic mass is 9.85. The SMILES string of the molecule is O=C(COC(=O)C1(O)CCCCC1)c1ccc(Br)cc1. The van der Waals surface area contributed by atoms with Crippen molar-refractivity contribution in [2.45, 2.75) is 37.7 Å². The summed E-state index contributed by atoms with van der Waals surface area (Å²) >= 11 is 3.29. The zero-order valence-corrected chi connectivity index (χ0v) is 12.7. The molecule has 108 valence electrons. The van der Waals surface area contributed by atoms with E-state index in [1.807, 2.05) is 0 Å². The molecule has 0 amide bonds. The molecule has 4 nitrogen and oxygen atoms in total. The van der Waals surface area contributed by atoms with Crippen LogP contribution in [0.25, 0.3) is 0 Å². The molecule has 1 saturated carbocycles. The van der Waals surface area contributed by atoms with Gasteiger partial charge in [0.2, 0.25) is 0 Å². The monoisotopic (exact) mass is 340 g/mol. The normalized spacial score (nSPS) is 17.5. The van der Waals surface area contributed by atoms with Crippen molar-refractivity contribution < 1.29 is 19.4 Å². The van der Waals surface area contributed by atoms with Gasteiger partial charge in [0.15, 0.2) is 18.0 Å². The van der Waals surface area contributed by atoms with Gasteiger partial charge in [-0.3, -0.25) is 4.79 Å². The van der Waals surface area contributed by atoms with Crippen LogP contribution in [-0.4, -0.2) is 29.1 Å². The summed E-state index contributed by atoms with van der Waals surface area (Å²) in [5.41, 5.74) is -0.922. The Morgan fingerprint density at radius 1 is 1.15 bits per heavy atom. The minimum absolute atomic E-state index is 0.273. The molecule has 0 radical (unpaired) electrons. The zero-order chi connectivity index (χ0) is 14.6. The molecule has 0 spiro atoms. The highest BCUT2D eigenvalue weighted by Crippen LogP contribution is 2.29. The van der Waals surface area contributed by atoms with E-state index in [0.717, 1.165) is 23.7 Å². The van der Waals surface area contributed by atoms with Crippen LogP contribution in [-0.2, 0) is 9.53 Å². The molecule has 1 aliphatic carbocycles. The predicted molar refractivity (Wildman–Crippen MR) is 77.5 cm³/mol. The first-order chi connectivity index (χ1) is 9.51. The van der Waals surface area contributed by atoms with Crippen LogP contribution >= 0.6 is 15.9 Å². The average Bonchev–Trinajstić information content (AvgIpc) is 2.46. The summed E-state index contributed by atoms with van der Waals surface area (Å²) in [5, 5.41) is 10.2. The standard InChI is InChI=1S/C15H17BrO4/c16-12-6-4-11(5-7-12)13(17)10-20-14(18)15(19)8-2-1-3-9-15/h4-7,19H,1-3,8-10H2. The Labute approximate surface area is 126 Å². The van der Waals surface area contributed by atoms with Gasteiger partial charge in [0.05, 0.1) is 0 Å². The number of Topliss-reactive ketones (excluding diaryl/α,β-unsaturated/α-hetero) is 1. The number of hydrogen-bond donors (Lipinski definition) is 1. The van der Waals surface area contributed by atoms with Gasteiger partial charge >= 0.3 is 5.97 Å². The van der Waals surface area contributed by atoms with Crippen LogP contribution in [0.3, 0.4) is 0 Å². The minimum atomic E-state index is -1.40. The van der Waals surface area contributed by atoms with E-state index in [0.29, 0.717) is 18.4 Å². The highest BCUT2D eigenvalue weighted by atomic mass is 79.9. The Morgan fingerprint density at radius 2 is 1.75 bits per heavy atom. The van der Waals surface area contributed by atoms with E-state index >= 15 is 0 Å². The molecule has 0 saturated heterocycles. The van der Waals surface area contributed by atoms with Crippen LogP contribution < -0.4 is 0 Å². The third-order valence-electron chi connectivity index (χ3n) is 3.56. The lowest BCUT2D eigenvalue weighted by molar-refractivity contribution is -0.167. The Kier molecular flexibility index (Phi) is 4.94. The maximum Gasteiger partial charge on any atom is 0.338 e. The van der Waals surface area contributed by atoms with E-state index in [1.54, 1.807) is 24.3 Å². The number of carbonyl (C=O) groups is 2. The molecular formula is C15H17BrO4. The highest BCUT2D eigenvalue weighted by Gasteiger charge is 2.38. The Hall–Kier alpha value is -1.20. The van der Waals surface area contributed by atoms with Crippen LogP contribution in [0.15, 0.2) is 28.7 Å². The summed E-state index contributed by atoms with van der Waals surface area (Å²) in [4.78, 5) is 23.8.